The second kappa shape index (κ2) is 13.8. The second-order valence-electron chi connectivity index (χ2n) is 9.29. The average Bonchev–Trinajstić information content (AvgIpc) is 3.52. The van der Waals surface area contributed by atoms with Gasteiger partial charge >= 0.3 is 0 Å². The molecule has 5 rings (SSSR count). The summed E-state index contributed by atoms with van der Waals surface area (Å²) in [7, 11) is 3.15. The van der Waals surface area contributed by atoms with Gasteiger partial charge < -0.3 is 20.1 Å². The Morgan fingerprint density at radius 2 is 1.59 bits per heavy atom. The van der Waals surface area contributed by atoms with Crippen molar-refractivity contribution >= 4 is 51.4 Å². The zero-order chi connectivity index (χ0) is 31.1. The Bertz CT molecular complexity index is 1780. The molecule has 0 aliphatic heterocycles. The molecular formula is C32H26N4O6S2. The lowest BCUT2D eigenvalue weighted by molar-refractivity contribution is -0.384. The van der Waals surface area contributed by atoms with Crippen LogP contribution in [0.2, 0.25) is 0 Å². The van der Waals surface area contributed by atoms with E-state index in [9.17, 15) is 19.7 Å². The molecule has 0 aliphatic carbocycles. The number of carbonyl (C=O) groups excluding carboxylic acids is 2. The van der Waals surface area contributed by atoms with Crippen molar-refractivity contribution in [1.29, 1.82) is 0 Å². The number of nitrogens with one attached hydrogen (secondary N) is 2. The number of amides is 2. The number of rotatable bonds is 11. The van der Waals surface area contributed by atoms with E-state index < -0.39 is 16.1 Å². The third kappa shape index (κ3) is 7.22. The summed E-state index contributed by atoms with van der Waals surface area (Å²) in [6.07, 6.45) is 0. The Kier molecular flexibility index (Phi) is 9.52. The molecule has 44 heavy (non-hydrogen) atoms. The third-order valence-corrected chi connectivity index (χ3v) is 8.48. The molecule has 0 aliphatic rings. The number of thioether (sulfide) groups is 1. The highest BCUT2D eigenvalue weighted by Gasteiger charge is 2.23. The van der Waals surface area contributed by atoms with Crippen LogP contribution in [-0.4, -0.2) is 35.9 Å². The fourth-order valence-electron chi connectivity index (χ4n) is 4.22. The molecule has 2 N–H and O–H groups in total. The van der Waals surface area contributed by atoms with Crippen molar-refractivity contribution in [2.24, 2.45) is 0 Å². The zero-order valence-electron chi connectivity index (χ0n) is 23.6. The minimum Gasteiger partial charge on any atom is -0.493 e. The van der Waals surface area contributed by atoms with Gasteiger partial charge in [-0.2, -0.15) is 0 Å². The van der Waals surface area contributed by atoms with Crippen LogP contribution in [0, 0.1) is 10.1 Å². The smallest absolute Gasteiger partial charge is 0.269 e. The van der Waals surface area contributed by atoms with E-state index in [0.717, 1.165) is 16.0 Å². The lowest BCUT2D eigenvalue weighted by Gasteiger charge is -2.16. The highest BCUT2D eigenvalue weighted by molar-refractivity contribution is 8.00. The van der Waals surface area contributed by atoms with Crippen molar-refractivity contribution in [3.8, 4) is 22.8 Å². The van der Waals surface area contributed by atoms with Crippen molar-refractivity contribution in [1.82, 2.24) is 4.98 Å². The summed E-state index contributed by atoms with van der Waals surface area (Å²) in [6.45, 7) is 0. The van der Waals surface area contributed by atoms with E-state index in [1.54, 1.807) is 32.4 Å². The summed E-state index contributed by atoms with van der Waals surface area (Å²) in [5.41, 5.74) is 3.10. The van der Waals surface area contributed by atoms with Crippen LogP contribution in [0.3, 0.4) is 0 Å². The van der Waals surface area contributed by atoms with Crippen molar-refractivity contribution in [3.63, 3.8) is 0 Å². The molecule has 1 aromatic heterocycles. The Hall–Kier alpha value is -5.20. The van der Waals surface area contributed by atoms with Crippen LogP contribution in [0.25, 0.3) is 11.3 Å². The quantitative estimate of drug-likeness (QED) is 0.0877. The molecule has 10 nitrogen and oxygen atoms in total. The number of thiazole rings is 1. The van der Waals surface area contributed by atoms with Crippen LogP contribution in [0.4, 0.5) is 16.5 Å². The van der Waals surface area contributed by atoms with Gasteiger partial charge in [0.2, 0.25) is 5.91 Å². The minimum atomic E-state index is -0.579. The van der Waals surface area contributed by atoms with Gasteiger partial charge in [-0.3, -0.25) is 19.7 Å². The molecule has 0 spiro atoms. The molecule has 222 valence electrons. The summed E-state index contributed by atoms with van der Waals surface area (Å²) >= 11 is 2.69. The van der Waals surface area contributed by atoms with Crippen molar-refractivity contribution in [2.45, 2.75) is 10.1 Å². The molecule has 0 saturated heterocycles. The van der Waals surface area contributed by atoms with E-state index in [1.807, 2.05) is 60.0 Å². The van der Waals surface area contributed by atoms with Crippen LogP contribution in [0.15, 0.2) is 107 Å². The fraction of sp³-hybridized carbons (Fsp3) is 0.0938. The molecule has 12 heteroatoms. The molecule has 0 bridgehead atoms. The number of methoxy groups -OCH3 is 2. The number of non-ortho nitro benzene ring substituents is 1. The summed E-state index contributed by atoms with van der Waals surface area (Å²) in [5, 5.41) is 18.4. The van der Waals surface area contributed by atoms with Crippen LogP contribution in [-0.2, 0) is 4.79 Å². The molecule has 1 heterocycles. The predicted molar refractivity (Wildman–Crippen MR) is 172 cm³/mol. The number of nitro benzene ring substituents is 1. The van der Waals surface area contributed by atoms with E-state index in [0.29, 0.717) is 33.6 Å². The molecule has 0 radical (unpaired) electrons. The molecule has 2 amide bonds. The second-order valence-corrected chi connectivity index (χ2v) is 11.3. The minimum absolute atomic E-state index is 0.0897. The molecule has 1 atom stereocenters. The van der Waals surface area contributed by atoms with Gasteiger partial charge in [0.25, 0.3) is 11.6 Å². The standard InChI is InChI=1S/C32H26N4O6S2/c1-41-27-17-10-22(18-28(27)42-2)26-19-43-32(34-26)35-31(38)29(20-6-4-3-5-7-20)44-25-15-11-23(12-16-25)33-30(37)21-8-13-24(14-9-21)36(39)40/h3-19,29H,1-2H3,(H,33,37)(H,34,35,38). The van der Waals surface area contributed by atoms with E-state index in [4.69, 9.17) is 9.47 Å². The Labute approximate surface area is 261 Å². The van der Waals surface area contributed by atoms with E-state index >= 15 is 0 Å². The van der Waals surface area contributed by atoms with Gasteiger partial charge in [0.1, 0.15) is 5.25 Å². The number of benzene rings is 4. The topological polar surface area (TPSA) is 133 Å². The maximum Gasteiger partial charge on any atom is 0.269 e. The van der Waals surface area contributed by atoms with Gasteiger partial charge in [0.05, 0.1) is 24.8 Å². The number of hydrogen-bond acceptors (Lipinski definition) is 9. The first kappa shape index (κ1) is 30.3. The van der Waals surface area contributed by atoms with Crippen LogP contribution >= 0.6 is 23.1 Å². The Balaban J connectivity index is 1.28. The predicted octanol–water partition coefficient (Wildman–Crippen LogP) is 7.46. The summed E-state index contributed by atoms with van der Waals surface area (Å²) in [6, 6.07) is 27.4. The number of ether oxygens (including phenoxy) is 2. The molecule has 4 aromatic carbocycles. The molecule has 0 fully saturated rings. The number of nitrogens with zero attached hydrogens (tertiary/aromatic N) is 2. The Morgan fingerprint density at radius 1 is 0.886 bits per heavy atom. The van der Waals surface area contributed by atoms with Gasteiger partial charge in [0.15, 0.2) is 16.6 Å². The molecule has 0 saturated carbocycles. The number of hydrogen-bond donors (Lipinski definition) is 2. The maximum atomic E-state index is 13.6. The lowest BCUT2D eigenvalue weighted by Crippen LogP contribution is -2.19. The van der Waals surface area contributed by atoms with Gasteiger partial charge in [-0.25, -0.2) is 4.98 Å². The van der Waals surface area contributed by atoms with E-state index in [-0.39, 0.29) is 11.6 Å². The number of nitro groups is 1. The summed E-state index contributed by atoms with van der Waals surface area (Å²) in [4.78, 5) is 42.0. The monoisotopic (exact) mass is 626 g/mol. The first-order valence-corrected chi connectivity index (χ1v) is 15.0. The highest BCUT2D eigenvalue weighted by Crippen LogP contribution is 2.38. The maximum absolute atomic E-state index is 13.6. The third-order valence-electron chi connectivity index (χ3n) is 6.46. The SMILES string of the molecule is COc1ccc(-c2csc(NC(=O)C(Sc3ccc(NC(=O)c4ccc([N+](=O)[O-])cc4)cc3)c3ccccc3)n2)cc1OC. The van der Waals surface area contributed by atoms with Crippen LogP contribution in [0.1, 0.15) is 21.2 Å². The average molecular weight is 627 g/mol. The van der Waals surface area contributed by atoms with Gasteiger partial charge in [-0.15, -0.1) is 23.1 Å². The largest absolute Gasteiger partial charge is 0.493 e. The van der Waals surface area contributed by atoms with Crippen molar-refractivity contribution in [2.75, 3.05) is 24.9 Å². The van der Waals surface area contributed by atoms with Gasteiger partial charge in [0, 0.05) is 39.2 Å². The van der Waals surface area contributed by atoms with Crippen LogP contribution < -0.4 is 20.1 Å². The number of carbonyl (C=O) groups is 2. The van der Waals surface area contributed by atoms with E-state index in [1.165, 1.54) is 47.4 Å². The van der Waals surface area contributed by atoms with Gasteiger partial charge in [-0.1, -0.05) is 30.3 Å². The van der Waals surface area contributed by atoms with Crippen molar-refractivity contribution < 1.29 is 24.0 Å². The summed E-state index contributed by atoms with van der Waals surface area (Å²) in [5.74, 6) is 0.575. The zero-order valence-corrected chi connectivity index (χ0v) is 25.2. The first-order chi connectivity index (χ1) is 21.3. The molecule has 1 unspecified atom stereocenters. The summed E-state index contributed by atoms with van der Waals surface area (Å²) < 4.78 is 10.7. The van der Waals surface area contributed by atoms with Gasteiger partial charge in [-0.05, 0) is 60.2 Å². The number of aromatic nitrogens is 1. The van der Waals surface area contributed by atoms with E-state index in [2.05, 4.69) is 15.6 Å². The number of anilines is 2. The highest BCUT2D eigenvalue weighted by atomic mass is 32.2. The normalized spacial score (nSPS) is 11.3. The molecule has 5 aromatic rings. The van der Waals surface area contributed by atoms with Crippen molar-refractivity contribution in [3.05, 3.63) is 124 Å². The Morgan fingerprint density at radius 3 is 2.25 bits per heavy atom. The first-order valence-electron chi connectivity index (χ1n) is 13.2. The van der Waals surface area contributed by atoms with Crippen LogP contribution in [0.5, 0.6) is 11.5 Å². The fourth-order valence-corrected chi connectivity index (χ4v) is 5.97. The lowest BCUT2D eigenvalue weighted by atomic mass is 10.1. The molecular weight excluding hydrogens is 601 g/mol.